The topological polar surface area (TPSA) is 73.0 Å². The van der Waals surface area contributed by atoms with E-state index in [1.54, 1.807) is 18.4 Å². The van der Waals surface area contributed by atoms with Gasteiger partial charge in [0.05, 0.1) is 0 Å². The van der Waals surface area contributed by atoms with E-state index in [1.165, 1.54) is 9.21 Å². The molecule has 0 saturated carbocycles. The standard InChI is InChI=1S/C13H26N4O3S/c1-15(2)13(18)12-11-14-7-10-17(12)21(19,20)16-8-5-3-4-6-9-16/h12,14H,3-11H2,1-2H3. The van der Waals surface area contributed by atoms with Gasteiger partial charge >= 0.3 is 0 Å². The van der Waals surface area contributed by atoms with E-state index >= 15 is 0 Å². The summed E-state index contributed by atoms with van der Waals surface area (Å²) in [6.45, 7) is 2.45. The number of nitrogens with one attached hydrogen (secondary N) is 1. The van der Waals surface area contributed by atoms with Crippen molar-refractivity contribution in [2.45, 2.75) is 31.7 Å². The molecular weight excluding hydrogens is 292 g/mol. The van der Waals surface area contributed by atoms with Gasteiger partial charge < -0.3 is 10.2 Å². The minimum atomic E-state index is -3.56. The third-order valence-corrected chi connectivity index (χ3v) is 6.16. The number of rotatable bonds is 3. The van der Waals surface area contributed by atoms with E-state index < -0.39 is 16.3 Å². The van der Waals surface area contributed by atoms with Crippen molar-refractivity contribution in [1.82, 2.24) is 18.8 Å². The summed E-state index contributed by atoms with van der Waals surface area (Å²) in [7, 11) is -0.236. The molecule has 0 radical (unpaired) electrons. The quantitative estimate of drug-likeness (QED) is 0.759. The van der Waals surface area contributed by atoms with E-state index in [4.69, 9.17) is 0 Å². The third-order valence-electron chi connectivity index (χ3n) is 4.11. The van der Waals surface area contributed by atoms with Gasteiger partial charge in [-0.25, -0.2) is 0 Å². The lowest BCUT2D eigenvalue weighted by molar-refractivity contribution is -0.133. The monoisotopic (exact) mass is 318 g/mol. The van der Waals surface area contributed by atoms with Crippen molar-refractivity contribution < 1.29 is 13.2 Å². The summed E-state index contributed by atoms with van der Waals surface area (Å²) in [6.07, 6.45) is 3.95. The first kappa shape index (κ1) is 16.7. The van der Waals surface area contributed by atoms with Crippen LogP contribution in [0.1, 0.15) is 25.7 Å². The van der Waals surface area contributed by atoms with Gasteiger partial charge in [-0.05, 0) is 12.8 Å². The second-order valence-corrected chi connectivity index (χ2v) is 7.77. The molecule has 2 rings (SSSR count). The minimum absolute atomic E-state index is 0.166. The fraction of sp³-hybridized carbons (Fsp3) is 0.923. The van der Waals surface area contributed by atoms with Crippen molar-refractivity contribution in [2.75, 3.05) is 46.8 Å². The maximum atomic E-state index is 12.9. The van der Waals surface area contributed by atoms with Gasteiger partial charge in [-0.2, -0.15) is 17.0 Å². The number of nitrogens with zero attached hydrogens (tertiary/aromatic N) is 3. The van der Waals surface area contributed by atoms with E-state index in [-0.39, 0.29) is 5.91 Å². The van der Waals surface area contributed by atoms with Crippen molar-refractivity contribution in [3.8, 4) is 0 Å². The zero-order chi connectivity index (χ0) is 15.5. The second kappa shape index (κ2) is 7.04. The molecule has 1 amide bonds. The van der Waals surface area contributed by atoms with Crippen LogP contribution < -0.4 is 5.32 Å². The zero-order valence-corrected chi connectivity index (χ0v) is 13.7. The van der Waals surface area contributed by atoms with E-state index in [9.17, 15) is 13.2 Å². The summed E-state index contributed by atoms with van der Waals surface area (Å²) in [5.41, 5.74) is 0. The first-order valence-electron chi connectivity index (χ1n) is 7.63. The number of piperazine rings is 1. The maximum Gasteiger partial charge on any atom is 0.282 e. The lowest BCUT2D eigenvalue weighted by atomic mass is 10.2. The van der Waals surface area contributed by atoms with Crippen LogP contribution in [-0.2, 0) is 15.0 Å². The lowest BCUT2D eigenvalue weighted by Gasteiger charge is -2.38. The molecule has 1 unspecified atom stereocenters. The average Bonchev–Trinajstić information content (AvgIpc) is 2.76. The number of carbonyl (C=O) groups is 1. The van der Waals surface area contributed by atoms with Crippen LogP contribution >= 0.6 is 0 Å². The van der Waals surface area contributed by atoms with Crippen molar-refractivity contribution in [3.05, 3.63) is 0 Å². The van der Waals surface area contributed by atoms with Gasteiger partial charge in [0.15, 0.2) is 0 Å². The number of amides is 1. The molecule has 8 heteroatoms. The molecule has 2 fully saturated rings. The molecule has 7 nitrogen and oxygen atoms in total. The minimum Gasteiger partial charge on any atom is -0.347 e. The van der Waals surface area contributed by atoms with Crippen LogP contribution in [0.3, 0.4) is 0 Å². The molecule has 122 valence electrons. The highest BCUT2D eigenvalue weighted by atomic mass is 32.2. The molecule has 0 aromatic rings. The van der Waals surface area contributed by atoms with Crippen molar-refractivity contribution in [3.63, 3.8) is 0 Å². The van der Waals surface area contributed by atoms with Gasteiger partial charge in [-0.1, -0.05) is 12.8 Å². The molecule has 0 bridgehead atoms. The largest absolute Gasteiger partial charge is 0.347 e. The second-order valence-electron chi connectivity index (χ2n) is 5.88. The summed E-state index contributed by atoms with van der Waals surface area (Å²) in [5, 5.41) is 3.12. The molecule has 2 aliphatic rings. The highest BCUT2D eigenvalue weighted by molar-refractivity contribution is 7.86. The zero-order valence-electron chi connectivity index (χ0n) is 12.9. The molecule has 2 aliphatic heterocycles. The first-order valence-corrected chi connectivity index (χ1v) is 9.03. The Balaban J connectivity index is 2.20. The summed E-state index contributed by atoms with van der Waals surface area (Å²) >= 11 is 0. The molecule has 0 aromatic heterocycles. The molecule has 1 atom stereocenters. The summed E-state index contributed by atoms with van der Waals surface area (Å²) in [5.74, 6) is -0.166. The normalized spacial score (nSPS) is 26.3. The Hall–Kier alpha value is -0.700. The average molecular weight is 318 g/mol. The SMILES string of the molecule is CN(C)C(=O)C1CNCCN1S(=O)(=O)N1CCCCCC1. The predicted molar refractivity (Wildman–Crippen MR) is 81.0 cm³/mol. The molecular formula is C13H26N4O3S. The van der Waals surface area contributed by atoms with Crippen LogP contribution in [0, 0.1) is 0 Å². The van der Waals surface area contributed by atoms with Crippen LogP contribution in [0.15, 0.2) is 0 Å². The molecule has 1 N–H and O–H groups in total. The molecule has 0 spiro atoms. The van der Waals surface area contributed by atoms with Gasteiger partial charge in [-0.3, -0.25) is 4.79 Å². The van der Waals surface area contributed by atoms with Crippen LogP contribution in [0.4, 0.5) is 0 Å². The van der Waals surface area contributed by atoms with Gasteiger partial charge in [0, 0.05) is 46.8 Å². The molecule has 2 heterocycles. The first-order chi connectivity index (χ1) is 9.94. The third kappa shape index (κ3) is 3.74. The van der Waals surface area contributed by atoms with Crippen molar-refractivity contribution >= 4 is 16.1 Å². The highest BCUT2D eigenvalue weighted by Crippen LogP contribution is 2.20. The Labute approximate surface area is 127 Å². The van der Waals surface area contributed by atoms with Gasteiger partial charge in [0.1, 0.15) is 6.04 Å². The van der Waals surface area contributed by atoms with Gasteiger partial charge in [-0.15, -0.1) is 0 Å². The Morgan fingerprint density at radius 3 is 2.29 bits per heavy atom. The van der Waals surface area contributed by atoms with E-state index in [1.807, 2.05) is 0 Å². The molecule has 21 heavy (non-hydrogen) atoms. The predicted octanol–water partition coefficient (Wildman–Crippen LogP) is -0.531. The number of hydrogen-bond acceptors (Lipinski definition) is 4. The fourth-order valence-corrected chi connectivity index (χ4v) is 4.72. The van der Waals surface area contributed by atoms with E-state index in [0.29, 0.717) is 32.7 Å². The number of hydrogen-bond donors (Lipinski definition) is 1. The van der Waals surface area contributed by atoms with Crippen molar-refractivity contribution in [1.29, 1.82) is 0 Å². The maximum absolute atomic E-state index is 12.9. The number of likely N-dealkylation sites (N-methyl/N-ethyl adjacent to an activating group) is 1. The van der Waals surface area contributed by atoms with E-state index in [2.05, 4.69) is 5.32 Å². The van der Waals surface area contributed by atoms with Gasteiger partial charge in [0.2, 0.25) is 5.91 Å². The molecule has 0 aromatic carbocycles. The van der Waals surface area contributed by atoms with Crippen molar-refractivity contribution in [2.24, 2.45) is 0 Å². The Morgan fingerprint density at radius 1 is 1.10 bits per heavy atom. The summed E-state index contributed by atoms with van der Waals surface area (Å²) in [6, 6.07) is -0.637. The highest BCUT2D eigenvalue weighted by Gasteiger charge is 2.40. The smallest absolute Gasteiger partial charge is 0.282 e. The van der Waals surface area contributed by atoms with Crippen LogP contribution in [0.5, 0.6) is 0 Å². The van der Waals surface area contributed by atoms with Gasteiger partial charge in [0.25, 0.3) is 10.2 Å². The number of carbonyl (C=O) groups excluding carboxylic acids is 1. The summed E-state index contributed by atoms with van der Waals surface area (Å²) < 4.78 is 28.7. The Bertz CT molecular complexity index is 458. The molecule has 2 saturated heterocycles. The fourth-order valence-electron chi connectivity index (χ4n) is 2.89. The van der Waals surface area contributed by atoms with E-state index in [0.717, 1.165) is 25.7 Å². The lowest BCUT2D eigenvalue weighted by Crippen LogP contribution is -2.61. The molecule has 0 aliphatic carbocycles. The Morgan fingerprint density at radius 2 is 1.71 bits per heavy atom. The van der Waals surface area contributed by atoms with Crippen LogP contribution in [0.2, 0.25) is 0 Å². The van der Waals surface area contributed by atoms with Crippen LogP contribution in [-0.4, -0.2) is 80.7 Å². The Kier molecular flexibility index (Phi) is 5.59. The van der Waals surface area contributed by atoms with Crippen LogP contribution in [0.25, 0.3) is 0 Å². The summed E-state index contributed by atoms with van der Waals surface area (Å²) in [4.78, 5) is 13.7.